The molecule has 7 nitrogen and oxygen atoms in total. The SMILES string of the molecule is CN=C(NCCOCCS(C)(=O)=O)NC(C)c1ccc(C)o1.I. The van der Waals surface area contributed by atoms with Gasteiger partial charge in [-0.1, -0.05) is 0 Å². The van der Waals surface area contributed by atoms with Crippen LogP contribution in [-0.2, 0) is 14.6 Å². The van der Waals surface area contributed by atoms with Crippen LogP contribution in [0.4, 0.5) is 0 Å². The number of furan rings is 1. The zero-order chi connectivity index (χ0) is 16.6. The Morgan fingerprint density at radius 3 is 2.61 bits per heavy atom. The van der Waals surface area contributed by atoms with E-state index in [0.717, 1.165) is 11.5 Å². The third-order valence-electron chi connectivity index (χ3n) is 2.90. The van der Waals surface area contributed by atoms with Crippen molar-refractivity contribution in [1.82, 2.24) is 10.6 Å². The first-order chi connectivity index (χ1) is 10.3. The van der Waals surface area contributed by atoms with Crippen LogP contribution in [0.5, 0.6) is 0 Å². The fourth-order valence-electron chi connectivity index (χ4n) is 1.71. The maximum atomic E-state index is 10.9. The molecule has 0 spiro atoms. The Labute approximate surface area is 155 Å². The van der Waals surface area contributed by atoms with E-state index in [9.17, 15) is 8.42 Å². The molecule has 0 amide bonds. The predicted molar refractivity (Wildman–Crippen MR) is 102 cm³/mol. The van der Waals surface area contributed by atoms with Crippen LogP contribution in [0, 0.1) is 6.92 Å². The van der Waals surface area contributed by atoms with Gasteiger partial charge in [0.25, 0.3) is 0 Å². The second-order valence-electron chi connectivity index (χ2n) is 5.06. The van der Waals surface area contributed by atoms with Crippen LogP contribution in [0.1, 0.15) is 24.5 Å². The van der Waals surface area contributed by atoms with Gasteiger partial charge in [0.1, 0.15) is 21.4 Å². The molecule has 0 bridgehead atoms. The number of aryl methyl sites for hydroxylation is 1. The lowest BCUT2D eigenvalue weighted by Crippen LogP contribution is -2.40. The Hall–Kier alpha value is -0.810. The topological polar surface area (TPSA) is 92.9 Å². The van der Waals surface area contributed by atoms with Crippen molar-refractivity contribution in [3.63, 3.8) is 0 Å². The zero-order valence-corrected chi connectivity index (χ0v) is 17.1. The molecule has 0 aliphatic rings. The van der Waals surface area contributed by atoms with E-state index in [2.05, 4.69) is 15.6 Å². The average Bonchev–Trinajstić information content (AvgIpc) is 2.86. The standard InChI is InChI=1S/C14H25N3O4S.HI/c1-11-5-6-13(21-11)12(2)17-14(15-3)16-7-8-20-9-10-22(4,18)19;/h5-6,12H,7-10H2,1-4H3,(H2,15,16,17);1H. The van der Waals surface area contributed by atoms with Crippen LogP contribution in [-0.4, -0.2) is 53.2 Å². The summed E-state index contributed by atoms with van der Waals surface area (Å²) in [7, 11) is -1.29. The fourth-order valence-corrected chi connectivity index (χ4v) is 2.13. The smallest absolute Gasteiger partial charge is 0.191 e. The number of nitrogens with zero attached hydrogens (tertiary/aromatic N) is 1. The Morgan fingerprint density at radius 1 is 1.39 bits per heavy atom. The van der Waals surface area contributed by atoms with Crippen molar-refractivity contribution in [2.45, 2.75) is 19.9 Å². The molecular formula is C14H26IN3O4S. The number of sulfone groups is 1. The number of hydrogen-bond donors (Lipinski definition) is 2. The minimum atomic E-state index is -2.97. The van der Waals surface area contributed by atoms with Gasteiger partial charge >= 0.3 is 0 Å². The summed E-state index contributed by atoms with van der Waals surface area (Å²) in [6, 6.07) is 3.83. The molecule has 9 heteroatoms. The molecule has 1 aromatic rings. The van der Waals surface area contributed by atoms with Gasteiger partial charge < -0.3 is 19.8 Å². The molecule has 1 aromatic heterocycles. The van der Waals surface area contributed by atoms with E-state index in [0.29, 0.717) is 19.1 Å². The number of ether oxygens (including phenoxy) is 1. The van der Waals surface area contributed by atoms with Gasteiger partial charge in [-0.25, -0.2) is 8.42 Å². The van der Waals surface area contributed by atoms with Gasteiger partial charge in [0, 0.05) is 19.8 Å². The molecule has 0 fully saturated rings. The second-order valence-corrected chi connectivity index (χ2v) is 7.32. The monoisotopic (exact) mass is 459 g/mol. The molecule has 0 aliphatic heterocycles. The molecule has 1 heterocycles. The van der Waals surface area contributed by atoms with Gasteiger partial charge in [0.2, 0.25) is 0 Å². The summed E-state index contributed by atoms with van der Waals surface area (Å²) in [6.07, 6.45) is 1.19. The Morgan fingerprint density at radius 2 is 2.09 bits per heavy atom. The molecule has 0 aliphatic carbocycles. The molecule has 1 unspecified atom stereocenters. The molecule has 0 saturated heterocycles. The second kappa shape index (κ2) is 10.9. The lowest BCUT2D eigenvalue weighted by molar-refractivity contribution is 0.154. The predicted octanol–water partition coefficient (Wildman–Crippen LogP) is 1.49. The third kappa shape index (κ3) is 9.82. The number of rotatable bonds is 8. The summed E-state index contributed by atoms with van der Waals surface area (Å²) in [5.41, 5.74) is 0. The summed E-state index contributed by atoms with van der Waals surface area (Å²) >= 11 is 0. The summed E-state index contributed by atoms with van der Waals surface area (Å²) in [6.45, 7) is 5.03. The van der Waals surface area contributed by atoms with Gasteiger partial charge in [0.15, 0.2) is 5.96 Å². The van der Waals surface area contributed by atoms with Crippen molar-refractivity contribution in [3.8, 4) is 0 Å². The van der Waals surface area contributed by atoms with Crippen molar-refractivity contribution in [2.24, 2.45) is 4.99 Å². The van der Waals surface area contributed by atoms with Crippen LogP contribution in [0.3, 0.4) is 0 Å². The van der Waals surface area contributed by atoms with E-state index in [1.54, 1.807) is 7.05 Å². The summed E-state index contributed by atoms with van der Waals surface area (Å²) in [5.74, 6) is 2.37. The first-order valence-corrected chi connectivity index (χ1v) is 9.17. The maximum absolute atomic E-state index is 10.9. The van der Waals surface area contributed by atoms with Crippen molar-refractivity contribution in [1.29, 1.82) is 0 Å². The largest absolute Gasteiger partial charge is 0.464 e. The van der Waals surface area contributed by atoms with Crippen molar-refractivity contribution < 1.29 is 17.6 Å². The molecule has 2 N–H and O–H groups in total. The van der Waals surface area contributed by atoms with Gasteiger partial charge in [0.05, 0.1) is 25.0 Å². The number of hydrogen-bond acceptors (Lipinski definition) is 5. The third-order valence-corrected chi connectivity index (χ3v) is 3.81. The van der Waals surface area contributed by atoms with Gasteiger partial charge in [-0.05, 0) is 26.0 Å². The zero-order valence-electron chi connectivity index (χ0n) is 14.0. The minimum absolute atomic E-state index is 0. The fraction of sp³-hybridized carbons (Fsp3) is 0.643. The number of nitrogens with one attached hydrogen (secondary N) is 2. The molecule has 0 aromatic carbocycles. The Bertz CT molecular complexity index is 587. The molecule has 1 atom stereocenters. The van der Waals surface area contributed by atoms with Gasteiger partial charge in [-0.15, -0.1) is 24.0 Å². The molecule has 1 rings (SSSR count). The quantitative estimate of drug-likeness (QED) is 0.265. The van der Waals surface area contributed by atoms with Gasteiger partial charge in [-0.2, -0.15) is 0 Å². The number of aliphatic imine (C=N–C) groups is 1. The number of halogens is 1. The summed E-state index contributed by atoms with van der Waals surface area (Å²) in [5, 5.41) is 6.30. The van der Waals surface area contributed by atoms with E-state index < -0.39 is 9.84 Å². The molecule has 134 valence electrons. The van der Waals surface area contributed by atoms with Crippen LogP contribution in [0.25, 0.3) is 0 Å². The Kier molecular flexibility index (Phi) is 10.5. The van der Waals surface area contributed by atoms with E-state index in [1.807, 2.05) is 26.0 Å². The number of guanidine groups is 1. The van der Waals surface area contributed by atoms with Crippen LogP contribution in [0.2, 0.25) is 0 Å². The van der Waals surface area contributed by atoms with Crippen LogP contribution >= 0.6 is 24.0 Å². The highest BCUT2D eigenvalue weighted by Gasteiger charge is 2.11. The van der Waals surface area contributed by atoms with E-state index in [1.165, 1.54) is 6.26 Å². The highest BCUT2D eigenvalue weighted by Crippen LogP contribution is 2.15. The highest BCUT2D eigenvalue weighted by molar-refractivity contribution is 14.0. The molecule has 23 heavy (non-hydrogen) atoms. The highest BCUT2D eigenvalue weighted by atomic mass is 127. The first kappa shape index (κ1) is 22.2. The Balaban J connectivity index is 0.00000484. The van der Waals surface area contributed by atoms with E-state index >= 15 is 0 Å². The molecule has 0 saturated carbocycles. The van der Waals surface area contributed by atoms with Crippen LogP contribution < -0.4 is 10.6 Å². The van der Waals surface area contributed by atoms with Crippen molar-refractivity contribution in [3.05, 3.63) is 23.7 Å². The lowest BCUT2D eigenvalue weighted by atomic mass is 10.2. The van der Waals surface area contributed by atoms with Gasteiger partial charge in [-0.3, -0.25) is 4.99 Å². The van der Waals surface area contributed by atoms with E-state index in [-0.39, 0.29) is 42.4 Å². The minimum Gasteiger partial charge on any atom is -0.464 e. The maximum Gasteiger partial charge on any atom is 0.191 e. The summed E-state index contributed by atoms with van der Waals surface area (Å²) in [4.78, 5) is 4.12. The summed E-state index contributed by atoms with van der Waals surface area (Å²) < 4.78 is 32.7. The molecule has 0 radical (unpaired) electrons. The lowest BCUT2D eigenvalue weighted by Gasteiger charge is -2.16. The van der Waals surface area contributed by atoms with Crippen LogP contribution in [0.15, 0.2) is 21.5 Å². The van der Waals surface area contributed by atoms with Crippen molar-refractivity contribution in [2.75, 3.05) is 38.8 Å². The van der Waals surface area contributed by atoms with Crippen molar-refractivity contribution >= 4 is 39.8 Å². The average molecular weight is 459 g/mol. The van der Waals surface area contributed by atoms with E-state index in [4.69, 9.17) is 9.15 Å². The first-order valence-electron chi connectivity index (χ1n) is 7.11. The molecular weight excluding hydrogens is 433 g/mol. The normalized spacial score (nSPS) is 13.3.